The van der Waals surface area contributed by atoms with E-state index in [0.717, 1.165) is 63.3 Å². The Morgan fingerprint density at radius 2 is 1.98 bits per heavy atom. The van der Waals surface area contributed by atoms with Crippen molar-refractivity contribution < 1.29 is 19.2 Å². The van der Waals surface area contributed by atoms with Crippen LogP contribution in [0.15, 0.2) is 70.0 Å². The van der Waals surface area contributed by atoms with Crippen molar-refractivity contribution in [1.82, 2.24) is 25.0 Å². The number of nitrogens with zero attached hydrogens (tertiary/aromatic N) is 3. The van der Waals surface area contributed by atoms with Crippen molar-refractivity contribution in [2.75, 3.05) is 13.2 Å². The molecule has 6 rings (SSSR count). The Bertz CT molecular complexity index is 1880. The maximum atomic E-state index is 12.8. The lowest BCUT2D eigenvalue weighted by Crippen LogP contribution is -2.26. The van der Waals surface area contributed by atoms with E-state index < -0.39 is 5.76 Å². The highest BCUT2D eigenvalue weighted by Gasteiger charge is 2.24. The Morgan fingerprint density at radius 1 is 1.12 bits per heavy atom. The number of aliphatic hydroxyl groups excluding tert-OH is 1. The summed E-state index contributed by atoms with van der Waals surface area (Å²) < 4.78 is 13.2. The molecule has 10 nitrogen and oxygen atoms in total. The molecule has 0 radical (unpaired) electrons. The molecule has 0 bridgehead atoms. The van der Waals surface area contributed by atoms with Gasteiger partial charge in [0.25, 0.3) is 5.91 Å². The summed E-state index contributed by atoms with van der Waals surface area (Å²) in [5.74, 6) is 1.15. The molecule has 214 valence electrons. The first-order valence-corrected chi connectivity index (χ1v) is 14.0. The zero-order valence-electron chi connectivity index (χ0n) is 23.4. The lowest BCUT2D eigenvalue weighted by Gasteiger charge is -2.15. The number of aromatic amines is 1. The van der Waals surface area contributed by atoms with Crippen molar-refractivity contribution in [3.63, 3.8) is 0 Å². The number of allylic oxidation sites excluding steroid dienone is 1. The minimum Gasteiger partial charge on any atom is -0.488 e. The van der Waals surface area contributed by atoms with Crippen LogP contribution in [0, 0.1) is 0 Å². The SMILES string of the molecule is CCCc1nc2c(C(=O)NCCO)cccc2n1Cc1ccc2c(c1)COc1ccccc1/C2=C(\C)c1noc(=O)[nH]1. The predicted octanol–water partition coefficient (Wildman–Crippen LogP) is 4.31. The molecule has 5 aromatic rings. The van der Waals surface area contributed by atoms with E-state index in [9.17, 15) is 9.59 Å². The molecule has 1 aliphatic heterocycles. The van der Waals surface area contributed by atoms with Gasteiger partial charge in [-0.2, -0.15) is 0 Å². The van der Waals surface area contributed by atoms with Crippen LogP contribution in [-0.4, -0.2) is 43.9 Å². The second-order valence-electron chi connectivity index (χ2n) is 10.2. The van der Waals surface area contributed by atoms with E-state index >= 15 is 0 Å². The molecular weight excluding hydrogens is 534 g/mol. The number of hydrogen-bond acceptors (Lipinski definition) is 7. The second kappa shape index (κ2) is 11.5. The topological polar surface area (TPSA) is 135 Å². The second-order valence-corrected chi connectivity index (χ2v) is 10.2. The minimum absolute atomic E-state index is 0.128. The first-order chi connectivity index (χ1) is 20.5. The number of carbonyl (C=O) groups is 1. The van der Waals surface area contributed by atoms with Crippen LogP contribution in [0.3, 0.4) is 0 Å². The van der Waals surface area contributed by atoms with Crippen molar-refractivity contribution in [2.45, 2.75) is 39.8 Å². The largest absolute Gasteiger partial charge is 0.488 e. The number of amides is 1. The van der Waals surface area contributed by atoms with Crippen molar-refractivity contribution in [3.8, 4) is 5.75 Å². The quantitative estimate of drug-likeness (QED) is 0.255. The number of carbonyl (C=O) groups excluding carboxylic acids is 1. The van der Waals surface area contributed by atoms with E-state index in [-0.39, 0.29) is 19.1 Å². The number of H-pyrrole nitrogens is 1. The summed E-state index contributed by atoms with van der Waals surface area (Å²) in [6.07, 6.45) is 1.67. The number of ether oxygens (including phenoxy) is 1. The zero-order chi connectivity index (χ0) is 29.2. The summed E-state index contributed by atoms with van der Waals surface area (Å²) in [6, 6.07) is 19.7. The highest BCUT2D eigenvalue weighted by Crippen LogP contribution is 2.40. The first-order valence-electron chi connectivity index (χ1n) is 14.0. The van der Waals surface area contributed by atoms with Gasteiger partial charge >= 0.3 is 5.76 Å². The highest BCUT2D eigenvalue weighted by molar-refractivity contribution is 6.05. The smallest absolute Gasteiger partial charge is 0.439 e. The Kier molecular flexibility index (Phi) is 7.45. The highest BCUT2D eigenvalue weighted by atomic mass is 16.5. The zero-order valence-corrected chi connectivity index (χ0v) is 23.4. The summed E-state index contributed by atoms with van der Waals surface area (Å²) in [7, 11) is 0. The molecule has 0 atom stereocenters. The average molecular weight is 566 g/mol. The number of para-hydroxylation sites is 2. The number of nitrogens with one attached hydrogen (secondary N) is 2. The Labute approximate surface area is 241 Å². The molecular formula is C32H31N5O5. The molecule has 3 N–H and O–H groups in total. The number of benzene rings is 3. The predicted molar refractivity (Wildman–Crippen MR) is 158 cm³/mol. The van der Waals surface area contributed by atoms with Crippen molar-refractivity contribution >= 4 is 28.1 Å². The maximum Gasteiger partial charge on any atom is 0.439 e. The van der Waals surface area contributed by atoms with Crippen molar-refractivity contribution in [3.05, 3.63) is 111 Å². The normalized spacial score (nSPS) is 13.7. The van der Waals surface area contributed by atoms with Gasteiger partial charge < -0.3 is 19.7 Å². The molecule has 3 aromatic carbocycles. The molecule has 0 spiro atoms. The molecule has 0 saturated heterocycles. The van der Waals surface area contributed by atoms with Gasteiger partial charge in [-0.05, 0) is 59.9 Å². The monoisotopic (exact) mass is 565 g/mol. The summed E-state index contributed by atoms with van der Waals surface area (Å²) in [4.78, 5) is 32.1. The Balaban J connectivity index is 1.44. The van der Waals surface area contributed by atoms with Crippen molar-refractivity contribution in [2.24, 2.45) is 0 Å². The van der Waals surface area contributed by atoms with Gasteiger partial charge in [-0.15, -0.1) is 0 Å². The van der Waals surface area contributed by atoms with Crippen LogP contribution in [0.5, 0.6) is 5.75 Å². The number of aromatic nitrogens is 4. The van der Waals surface area contributed by atoms with Gasteiger partial charge in [-0.25, -0.2) is 9.78 Å². The van der Waals surface area contributed by atoms with Gasteiger partial charge in [-0.1, -0.05) is 48.5 Å². The van der Waals surface area contributed by atoms with Crippen LogP contribution in [-0.2, 0) is 19.6 Å². The van der Waals surface area contributed by atoms with Crippen LogP contribution in [0.2, 0.25) is 0 Å². The third-order valence-electron chi connectivity index (χ3n) is 7.46. The van der Waals surface area contributed by atoms with Gasteiger partial charge in [0.2, 0.25) is 0 Å². The third kappa shape index (κ3) is 5.01. The third-order valence-corrected chi connectivity index (χ3v) is 7.46. The van der Waals surface area contributed by atoms with E-state index in [0.29, 0.717) is 30.1 Å². The van der Waals surface area contributed by atoms with Crippen LogP contribution in [0.4, 0.5) is 0 Å². The lowest BCUT2D eigenvalue weighted by atomic mass is 9.89. The Hall–Kier alpha value is -4.96. The van der Waals surface area contributed by atoms with E-state index in [2.05, 4.69) is 45.1 Å². The van der Waals surface area contributed by atoms with Crippen LogP contribution < -0.4 is 15.8 Å². The van der Waals surface area contributed by atoms with E-state index in [1.807, 2.05) is 43.3 Å². The maximum absolute atomic E-state index is 12.8. The molecule has 1 amide bonds. The summed E-state index contributed by atoms with van der Waals surface area (Å²) in [5.41, 5.74) is 7.63. The molecule has 3 heterocycles. The summed E-state index contributed by atoms with van der Waals surface area (Å²) in [5, 5.41) is 15.8. The molecule has 2 aromatic heterocycles. The van der Waals surface area contributed by atoms with E-state index in [1.54, 1.807) is 6.07 Å². The number of rotatable bonds is 8. The minimum atomic E-state index is -0.608. The number of hydrogen-bond donors (Lipinski definition) is 3. The summed E-state index contributed by atoms with van der Waals surface area (Å²) in [6.45, 7) is 5.00. The number of aryl methyl sites for hydroxylation is 1. The van der Waals surface area contributed by atoms with Gasteiger partial charge in [-0.3, -0.25) is 14.3 Å². The molecule has 0 saturated carbocycles. The standard InChI is InChI=1S/C32H31N5O5/c1-3-7-27-34-29-24(31(39)33-14-15-38)9-6-10-25(29)37(27)17-20-12-13-22-21(16-20)18-41-26-11-5-4-8-23(26)28(22)19(2)30-35-32(40)42-36-30/h4-6,8-13,16,38H,3,7,14-15,17-18H2,1-2H3,(H,33,39)(H,35,36,40)/b28-19+. The van der Waals surface area contributed by atoms with Crippen molar-refractivity contribution in [1.29, 1.82) is 0 Å². The summed E-state index contributed by atoms with van der Waals surface area (Å²) >= 11 is 0. The van der Waals surface area contributed by atoms with Gasteiger partial charge in [0.15, 0.2) is 5.82 Å². The lowest BCUT2D eigenvalue weighted by molar-refractivity contribution is 0.0946. The van der Waals surface area contributed by atoms with Crippen LogP contribution in [0.1, 0.15) is 64.5 Å². The number of fused-ring (bicyclic) bond motifs is 3. The molecule has 0 unspecified atom stereocenters. The van der Waals surface area contributed by atoms with Gasteiger partial charge in [0.1, 0.15) is 23.7 Å². The fourth-order valence-electron chi connectivity index (χ4n) is 5.54. The molecule has 1 aliphatic rings. The molecule has 0 aliphatic carbocycles. The molecule has 42 heavy (non-hydrogen) atoms. The van der Waals surface area contributed by atoms with Gasteiger partial charge in [0.05, 0.1) is 17.7 Å². The average Bonchev–Trinajstić information content (AvgIpc) is 3.54. The number of imidazole rings is 1. The fraction of sp³-hybridized carbons (Fsp3) is 0.250. The molecule has 10 heteroatoms. The molecule has 0 fully saturated rings. The first kappa shape index (κ1) is 27.2. The van der Waals surface area contributed by atoms with Crippen LogP contribution in [0.25, 0.3) is 22.2 Å². The number of aliphatic hydroxyl groups is 1. The Morgan fingerprint density at radius 3 is 2.76 bits per heavy atom. The van der Waals surface area contributed by atoms with Crippen LogP contribution >= 0.6 is 0 Å². The van der Waals surface area contributed by atoms with E-state index in [1.165, 1.54) is 0 Å². The van der Waals surface area contributed by atoms with Gasteiger partial charge in [0, 0.05) is 30.6 Å². The van der Waals surface area contributed by atoms with E-state index in [4.69, 9.17) is 19.4 Å². The fourth-order valence-corrected chi connectivity index (χ4v) is 5.54.